The van der Waals surface area contributed by atoms with Gasteiger partial charge in [0.25, 0.3) is 0 Å². The topological polar surface area (TPSA) is 29.9 Å². The summed E-state index contributed by atoms with van der Waals surface area (Å²) in [6.45, 7) is 5.35. The van der Waals surface area contributed by atoms with Gasteiger partial charge in [0.05, 0.1) is 17.9 Å². The Balaban J connectivity index is 1.86. The molecule has 2 aliphatic carbocycles. The highest BCUT2D eigenvalue weighted by atomic mass is 15.1. The van der Waals surface area contributed by atoms with Crippen LogP contribution in [0.15, 0.2) is 6.20 Å². The summed E-state index contributed by atoms with van der Waals surface area (Å²) in [6.07, 6.45) is 7.91. The molecule has 4 unspecified atom stereocenters. The van der Waals surface area contributed by atoms with Gasteiger partial charge in [-0.25, -0.2) is 4.98 Å². The van der Waals surface area contributed by atoms with Crippen molar-refractivity contribution in [1.82, 2.24) is 14.9 Å². The number of hydrogen-bond acceptors (Lipinski definition) is 2. The monoisotopic (exact) mass is 247 g/mol. The number of nitrogens with zero attached hydrogens (tertiary/aromatic N) is 2. The Labute approximate surface area is 110 Å². The van der Waals surface area contributed by atoms with E-state index in [-0.39, 0.29) is 0 Å². The lowest BCUT2D eigenvalue weighted by Gasteiger charge is -2.31. The Morgan fingerprint density at radius 3 is 2.78 bits per heavy atom. The van der Waals surface area contributed by atoms with Crippen LogP contribution in [-0.2, 0) is 7.05 Å². The lowest BCUT2D eigenvalue weighted by atomic mass is 9.82. The molecule has 3 heteroatoms. The maximum absolute atomic E-state index is 4.48. The third-order valence-corrected chi connectivity index (χ3v) is 5.22. The normalized spacial score (nSPS) is 32.1. The molecule has 2 aliphatic rings. The van der Waals surface area contributed by atoms with Crippen LogP contribution in [0.3, 0.4) is 0 Å². The highest BCUT2D eigenvalue weighted by Gasteiger charge is 2.43. The third-order valence-electron chi connectivity index (χ3n) is 5.22. The second-order valence-corrected chi connectivity index (χ2v) is 6.16. The van der Waals surface area contributed by atoms with E-state index in [0.29, 0.717) is 6.04 Å². The Morgan fingerprint density at radius 2 is 2.28 bits per heavy atom. The van der Waals surface area contributed by atoms with Gasteiger partial charge < -0.3 is 9.88 Å². The average molecular weight is 247 g/mol. The molecule has 0 saturated heterocycles. The molecule has 1 N–H and O–H groups in total. The second-order valence-electron chi connectivity index (χ2n) is 6.16. The van der Waals surface area contributed by atoms with E-state index in [4.69, 9.17) is 0 Å². The summed E-state index contributed by atoms with van der Waals surface area (Å²) < 4.78 is 2.26. The lowest BCUT2D eigenvalue weighted by molar-refractivity contribution is 0.246. The van der Waals surface area contributed by atoms with Crippen LogP contribution in [-0.4, -0.2) is 16.1 Å². The van der Waals surface area contributed by atoms with Crippen LogP contribution >= 0.6 is 0 Å². The van der Waals surface area contributed by atoms with Crippen LogP contribution < -0.4 is 5.32 Å². The fraction of sp³-hybridized carbons (Fsp3) is 0.800. The van der Waals surface area contributed by atoms with E-state index in [2.05, 4.69) is 42.0 Å². The van der Waals surface area contributed by atoms with Gasteiger partial charge in [0.1, 0.15) is 5.82 Å². The molecule has 2 saturated carbocycles. The van der Waals surface area contributed by atoms with E-state index >= 15 is 0 Å². The molecule has 100 valence electrons. The zero-order valence-electron chi connectivity index (χ0n) is 11.8. The number of nitrogens with one attached hydrogen (secondary N) is 1. The first-order valence-corrected chi connectivity index (χ1v) is 7.42. The molecule has 0 aliphatic heterocycles. The molecule has 18 heavy (non-hydrogen) atoms. The van der Waals surface area contributed by atoms with Gasteiger partial charge in [0.2, 0.25) is 0 Å². The first-order valence-electron chi connectivity index (χ1n) is 7.42. The minimum Gasteiger partial charge on any atom is -0.334 e. The number of rotatable bonds is 4. The van der Waals surface area contributed by atoms with Crippen molar-refractivity contribution in [3.8, 4) is 0 Å². The maximum atomic E-state index is 4.48. The molecule has 2 bridgehead atoms. The summed E-state index contributed by atoms with van der Waals surface area (Å²) in [5.74, 6) is 3.92. The lowest BCUT2D eigenvalue weighted by Crippen LogP contribution is -2.32. The van der Waals surface area contributed by atoms with Crippen molar-refractivity contribution < 1.29 is 0 Å². The van der Waals surface area contributed by atoms with Gasteiger partial charge in [0.15, 0.2) is 0 Å². The highest BCUT2D eigenvalue weighted by molar-refractivity contribution is 5.13. The van der Waals surface area contributed by atoms with Gasteiger partial charge in [-0.3, -0.25) is 0 Å². The number of aryl methyl sites for hydroxylation is 1. The summed E-state index contributed by atoms with van der Waals surface area (Å²) in [7, 11) is 2.15. The number of fused-ring (bicyclic) bond motifs is 2. The van der Waals surface area contributed by atoms with Crippen molar-refractivity contribution in [3.05, 3.63) is 17.7 Å². The Morgan fingerprint density at radius 1 is 1.44 bits per heavy atom. The first kappa shape index (κ1) is 12.2. The Kier molecular flexibility index (Phi) is 3.18. The summed E-state index contributed by atoms with van der Waals surface area (Å²) in [4.78, 5) is 4.48. The molecule has 0 amide bonds. The summed E-state index contributed by atoms with van der Waals surface area (Å²) in [6, 6.07) is 0.511. The van der Waals surface area contributed by atoms with Gasteiger partial charge in [-0.2, -0.15) is 0 Å². The van der Waals surface area contributed by atoms with Crippen LogP contribution in [0, 0.1) is 24.7 Å². The molecule has 1 aromatic rings. The highest BCUT2D eigenvalue weighted by Crippen LogP contribution is 2.52. The van der Waals surface area contributed by atoms with Crippen molar-refractivity contribution in [3.63, 3.8) is 0 Å². The van der Waals surface area contributed by atoms with Gasteiger partial charge in [-0.1, -0.05) is 13.3 Å². The number of hydrogen-bond donors (Lipinski definition) is 1. The van der Waals surface area contributed by atoms with Crippen LogP contribution in [0.2, 0.25) is 0 Å². The smallest absolute Gasteiger partial charge is 0.105 e. The summed E-state index contributed by atoms with van der Waals surface area (Å²) in [5.41, 5.74) is 1.38. The molecular weight excluding hydrogens is 222 g/mol. The van der Waals surface area contributed by atoms with Gasteiger partial charge in [-0.15, -0.1) is 0 Å². The molecule has 0 radical (unpaired) electrons. The minimum absolute atomic E-state index is 0.511. The van der Waals surface area contributed by atoms with Crippen molar-refractivity contribution >= 4 is 0 Å². The van der Waals surface area contributed by atoms with E-state index in [1.807, 2.05) is 0 Å². The van der Waals surface area contributed by atoms with Crippen LogP contribution in [0.1, 0.15) is 50.2 Å². The number of aromatic nitrogens is 2. The van der Waals surface area contributed by atoms with Crippen LogP contribution in [0.5, 0.6) is 0 Å². The quantitative estimate of drug-likeness (QED) is 0.886. The molecular formula is C15H25N3. The molecule has 3 rings (SSSR count). The predicted molar refractivity (Wildman–Crippen MR) is 73.3 cm³/mol. The fourth-order valence-electron chi connectivity index (χ4n) is 4.21. The summed E-state index contributed by atoms with van der Waals surface area (Å²) in [5, 5.41) is 3.72. The Hall–Kier alpha value is -0.830. The number of imidazole rings is 1. The molecule has 4 atom stereocenters. The third kappa shape index (κ3) is 1.89. The molecule has 1 aromatic heterocycles. The van der Waals surface area contributed by atoms with E-state index in [9.17, 15) is 0 Å². The molecule has 0 aromatic carbocycles. The predicted octanol–water partition coefficient (Wildman–Crippen LogP) is 2.82. The van der Waals surface area contributed by atoms with Crippen molar-refractivity contribution in [2.45, 2.75) is 45.6 Å². The van der Waals surface area contributed by atoms with E-state index in [0.717, 1.165) is 30.1 Å². The van der Waals surface area contributed by atoms with Crippen molar-refractivity contribution in [1.29, 1.82) is 0 Å². The first-order chi connectivity index (χ1) is 8.70. The zero-order chi connectivity index (χ0) is 12.7. The van der Waals surface area contributed by atoms with E-state index in [1.165, 1.54) is 31.4 Å². The zero-order valence-corrected chi connectivity index (χ0v) is 11.8. The van der Waals surface area contributed by atoms with Crippen LogP contribution in [0.25, 0.3) is 0 Å². The van der Waals surface area contributed by atoms with Crippen molar-refractivity contribution in [2.24, 2.45) is 24.8 Å². The SMILES string of the molecule is CCNC(c1cnc(C)n1C)C1CC2CCC1C2. The van der Waals surface area contributed by atoms with Gasteiger partial charge >= 0.3 is 0 Å². The Bertz CT molecular complexity index is 423. The summed E-state index contributed by atoms with van der Waals surface area (Å²) >= 11 is 0. The fourth-order valence-corrected chi connectivity index (χ4v) is 4.21. The molecule has 0 spiro atoms. The molecule has 2 fully saturated rings. The van der Waals surface area contributed by atoms with Crippen LogP contribution in [0.4, 0.5) is 0 Å². The van der Waals surface area contributed by atoms with Crippen molar-refractivity contribution in [2.75, 3.05) is 6.54 Å². The molecule has 1 heterocycles. The largest absolute Gasteiger partial charge is 0.334 e. The van der Waals surface area contributed by atoms with E-state index in [1.54, 1.807) is 0 Å². The average Bonchev–Trinajstić information content (AvgIpc) is 3.05. The molecule has 3 nitrogen and oxygen atoms in total. The van der Waals surface area contributed by atoms with Gasteiger partial charge in [-0.05, 0) is 50.5 Å². The van der Waals surface area contributed by atoms with E-state index < -0.39 is 0 Å². The standard InChI is InChI=1S/C15H25N3/c1-4-16-15(14-9-17-10(2)18(14)3)13-8-11-5-6-12(13)7-11/h9,11-13,15-16H,4-8H2,1-3H3. The second kappa shape index (κ2) is 4.69. The maximum Gasteiger partial charge on any atom is 0.105 e. The minimum atomic E-state index is 0.511. The van der Waals surface area contributed by atoms with Gasteiger partial charge in [0, 0.05) is 7.05 Å².